The van der Waals surface area contributed by atoms with E-state index < -0.39 is 16.1 Å². The molecule has 2 rings (SSSR count). The quantitative estimate of drug-likeness (QED) is 0.742. The minimum absolute atomic E-state index is 0.110. The summed E-state index contributed by atoms with van der Waals surface area (Å²) in [5, 5.41) is 0. The van der Waals surface area contributed by atoms with Crippen LogP contribution >= 0.6 is 0 Å². The molecule has 1 aromatic carbocycles. The molecule has 1 aliphatic heterocycles. The first-order chi connectivity index (χ1) is 8.40. The van der Waals surface area contributed by atoms with Gasteiger partial charge in [0.2, 0.25) is 15.9 Å². The molecule has 1 heterocycles. The number of likely N-dealkylation sites (N-methyl/N-ethyl adjacent to an activating group) is 1. The van der Waals surface area contributed by atoms with Crippen molar-refractivity contribution in [3.05, 3.63) is 24.3 Å². The fraction of sp³-hybridized carbons (Fsp3) is 0.364. The van der Waals surface area contributed by atoms with Crippen LogP contribution < -0.4 is 10.5 Å². The third kappa shape index (κ3) is 2.46. The number of carbonyl (C=O) groups excluding carboxylic acids is 1. The molecular weight excluding hydrogens is 254 g/mol. The van der Waals surface area contributed by atoms with E-state index in [9.17, 15) is 13.2 Å². The van der Waals surface area contributed by atoms with Gasteiger partial charge in [0.05, 0.1) is 4.90 Å². The summed E-state index contributed by atoms with van der Waals surface area (Å²) in [6.07, 6.45) is 0.490. The highest BCUT2D eigenvalue weighted by Gasteiger charge is 2.32. The first-order valence-electron chi connectivity index (χ1n) is 5.53. The number of likely N-dealkylation sites (tertiary alicyclic amines) is 1. The zero-order valence-corrected chi connectivity index (χ0v) is 10.8. The maximum Gasteiger partial charge on any atom is 0.241 e. The molecule has 0 aliphatic carbocycles. The topological polar surface area (TPSA) is 92.5 Å². The van der Waals surface area contributed by atoms with E-state index in [1.54, 1.807) is 7.05 Å². The van der Waals surface area contributed by atoms with E-state index in [0.29, 0.717) is 18.7 Å². The van der Waals surface area contributed by atoms with Crippen LogP contribution in [0.3, 0.4) is 0 Å². The SMILES string of the molecule is CN1CCC(NS(=O)(=O)c2ccc(N)cc2)C1=O. The number of hydrogen-bond acceptors (Lipinski definition) is 4. The van der Waals surface area contributed by atoms with Gasteiger partial charge in [0, 0.05) is 19.3 Å². The Labute approximate surface area is 106 Å². The smallest absolute Gasteiger partial charge is 0.241 e. The van der Waals surface area contributed by atoms with Crippen LogP contribution in [0.1, 0.15) is 6.42 Å². The number of hydrogen-bond donors (Lipinski definition) is 2. The normalized spacial score (nSPS) is 20.4. The Morgan fingerprint density at radius 1 is 1.33 bits per heavy atom. The third-order valence-electron chi connectivity index (χ3n) is 2.92. The van der Waals surface area contributed by atoms with E-state index in [4.69, 9.17) is 5.73 Å². The molecule has 18 heavy (non-hydrogen) atoms. The molecule has 1 aromatic rings. The fourth-order valence-electron chi connectivity index (χ4n) is 1.83. The van der Waals surface area contributed by atoms with Gasteiger partial charge in [-0.2, -0.15) is 4.72 Å². The van der Waals surface area contributed by atoms with Gasteiger partial charge in [-0.05, 0) is 30.7 Å². The second-order valence-corrected chi connectivity index (χ2v) is 6.01. The van der Waals surface area contributed by atoms with Gasteiger partial charge in [0.1, 0.15) is 6.04 Å². The summed E-state index contributed by atoms with van der Waals surface area (Å²) in [7, 11) is -2.02. The highest BCUT2D eigenvalue weighted by atomic mass is 32.2. The summed E-state index contributed by atoms with van der Waals surface area (Å²) in [4.78, 5) is 13.3. The number of sulfonamides is 1. The number of nitrogens with two attached hydrogens (primary N) is 1. The fourth-order valence-corrected chi connectivity index (χ4v) is 3.06. The predicted molar refractivity (Wildman–Crippen MR) is 67.2 cm³/mol. The summed E-state index contributed by atoms with van der Waals surface area (Å²) in [6.45, 7) is 0.563. The summed E-state index contributed by atoms with van der Waals surface area (Å²) in [5.74, 6) is -0.200. The van der Waals surface area contributed by atoms with Crippen molar-refractivity contribution in [3.63, 3.8) is 0 Å². The van der Waals surface area contributed by atoms with Crippen LogP contribution in [-0.4, -0.2) is 38.9 Å². The second-order valence-electron chi connectivity index (χ2n) is 4.29. The van der Waals surface area contributed by atoms with Crippen LogP contribution in [0.5, 0.6) is 0 Å². The van der Waals surface area contributed by atoms with Crippen LogP contribution in [0.2, 0.25) is 0 Å². The molecule has 1 aliphatic rings. The lowest BCUT2D eigenvalue weighted by molar-refractivity contribution is -0.127. The zero-order valence-electron chi connectivity index (χ0n) is 9.96. The van der Waals surface area contributed by atoms with Gasteiger partial charge in [0.25, 0.3) is 0 Å². The van der Waals surface area contributed by atoms with Crippen molar-refractivity contribution in [3.8, 4) is 0 Å². The number of rotatable bonds is 3. The summed E-state index contributed by atoms with van der Waals surface area (Å²) < 4.78 is 26.5. The number of nitrogens with one attached hydrogen (secondary N) is 1. The number of carbonyl (C=O) groups is 1. The molecular formula is C11H15N3O3S. The number of amides is 1. The van der Waals surface area contributed by atoms with Crippen LogP contribution in [0.25, 0.3) is 0 Å². The van der Waals surface area contributed by atoms with E-state index in [0.717, 1.165) is 0 Å². The molecule has 1 saturated heterocycles. The summed E-state index contributed by atoms with van der Waals surface area (Å²) >= 11 is 0. The molecule has 98 valence electrons. The average molecular weight is 269 g/mol. The van der Waals surface area contributed by atoms with Crippen LogP contribution in [0.15, 0.2) is 29.2 Å². The lowest BCUT2D eigenvalue weighted by atomic mass is 10.3. The number of nitrogen functional groups attached to an aromatic ring is 1. The molecule has 1 fully saturated rings. The monoisotopic (exact) mass is 269 g/mol. The van der Waals surface area contributed by atoms with Gasteiger partial charge in [0.15, 0.2) is 0 Å². The molecule has 7 heteroatoms. The Kier molecular flexibility index (Phi) is 3.27. The Balaban J connectivity index is 2.18. The van der Waals surface area contributed by atoms with Gasteiger partial charge in [-0.25, -0.2) is 8.42 Å². The van der Waals surface area contributed by atoms with E-state index in [-0.39, 0.29) is 10.8 Å². The minimum Gasteiger partial charge on any atom is -0.399 e. The van der Waals surface area contributed by atoms with Crippen LogP contribution in [-0.2, 0) is 14.8 Å². The summed E-state index contributed by atoms with van der Waals surface area (Å²) in [5.41, 5.74) is 5.99. The maximum atomic E-state index is 12.0. The zero-order chi connectivity index (χ0) is 13.3. The van der Waals surface area contributed by atoms with Crippen molar-refractivity contribution >= 4 is 21.6 Å². The third-order valence-corrected chi connectivity index (χ3v) is 4.40. The van der Waals surface area contributed by atoms with Crippen molar-refractivity contribution in [2.45, 2.75) is 17.4 Å². The van der Waals surface area contributed by atoms with Gasteiger partial charge in [-0.3, -0.25) is 4.79 Å². The second kappa shape index (κ2) is 4.58. The van der Waals surface area contributed by atoms with Gasteiger partial charge in [-0.1, -0.05) is 0 Å². The summed E-state index contributed by atoms with van der Waals surface area (Å²) in [6, 6.07) is 5.19. The molecule has 1 amide bonds. The van der Waals surface area contributed by atoms with Gasteiger partial charge < -0.3 is 10.6 Å². The molecule has 0 radical (unpaired) electrons. The highest BCUT2D eigenvalue weighted by molar-refractivity contribution is 7.89. The van der Waals surface area contributed by atoms with E-state index in [2.05, 4.69) is 4.72 Å². The first kappa shape index (κ1) is 12.8. The first-order valence-corrected chi connectivity index (χ1v) is 7.01. The standard InChI is InChI=1S/C11H15N3O3S/c1-14-7-6-10(11(14)15)13-18(16,17)9-4-2-8(12)3-5-9/h2-5,10,13H,6-7,12H2,1H3. The van der Waals surface area contributed by atoms with Crippen LogP contribution in [0, 0.1) is 0 Å². The van der Waals surface area contributed by atoms with E-state index in [1.807, 2.05) is 0 Å². The molecule has 3 N–H and O–H groups in total. The Morgan fingerprint density at radius 2 is 1.94 bits per heavy atom. The number of anilines is 1. The Hall–Kier alpha value is -1.60. The van der Waals surface area contributed by atoms with Crippen molar-refractivity contribution < 1.29 is 13.2 Å². The lowest BCUT2D eigenvalue weighted by Gasteiger charge is -2.12. The Morgan fingerprint density at radius 3 is 2.44 bits per heavy atom. The number of benzene rings is 1. The average Bonchev–Trinajstić information content (AvgIpc) is 2.61. The van der Waals surface area contributed by atoms with Gasteiger partial charge in [-0.15, -0.1) is 0 Å². The number of nitrogens with zero attached hydrogens (tertiary/aromatic N) is 1. The molecule has 6 nitrogen and oxygen atoms in total. The molecule has 1 atom stereocenters. The lowest BCUT2D eigenvalue weighted by Crippen LogP contribution is -2.40. The largest absolute Gasteiger partial charge is 0.399 e. The highest BCUT2D eigenvalue weighted by Crippen LogP contribution is 2.15. The van der Waals surface area contributed by atoms with E-state index in [1.165, 1.54) is 29.2 Å². The minimum atomic E-state index is -3.67. The molecule has 0 spiro atoms. The maximum absolute atomic E-state index is 12.0. The molecule has 0 aromatic heterocycles. The molecule has 1 unspecified atom stereocenters. The van der Waals surface area contributed by atoms with Crippen molar-refractivity contribution in [1.29, 1.82) is 0 Å². The van der Waals surface area contributed by atoms with Crippen molar-refractivity contribution in [2.75, 3.05) is 19.3 Å². The van der Waals surface area contributed by atoms with Crippen molar-refractivity contribution in [1.82, 2.24) is 9.62 Å². The predicted octanol–water partition coefficient (Wildman–Crippen LogP) is -0.222. The molecule has 0 saturated carbocycles. The van der Waals surface area contributed by atoms with Gasteiger partial charge >= 0.3 is 0 Å². The Bertz CT molecular complexity index is 553. The van der Waals surface area contributed by atoms with Crippen molar-refractivity contribution in [2.24, 2.45) is 0 Å². The molecule has 0 bridgehead atoms. The van der Waals surface area contributed by atoms with Crippen LogP contribution in [0.4, 0.5) is 5.69 Å². The van der Waals surface area contributed by atoms with E-state index >= 15 is 0 Å².